The summed E-state index contributed by atoms with van der Waals surface area (Å²) in [6, 6.07) is 0.657. The summed E-state index contributed by atoms with van der Waals surface area (Å²) in [5.41, 5.74) is 0. The van der Waals surface area contributed by atoms with E-state index in [1.807, 2.05) is 13.8 Å². The van der Waals surface area contributed by atoms with E-state index in [0.717, 1.165) is 19.6 Å². The Balaban J connectivity index is 0. The largest absolute Gasteiger partial charge is 0.315 e. The van der Waals surface area contributed by atoms with E-state index in [-0.39, 0.29) is 0 Å². The Morgan fingerprint density at radius 1 is 1.25 bits per heavy atom. The predicted molar refractivity (Wildman–Crippen MR) is 57.7 cm³/mol. The summed E-state index contributed by atoms with van der Waals surface area (Å²) in [5, 5.41) is 3.32. The van der Waals surface area contributed by atoms with Crippen LogP contribution in [0.15, 0.2) is 0 Å². The van der Waals surface area contributed by atoms with Gasteiger partial charge in [-0.05, 0) is 27.1 Å². The molecular formula is C10H26N2. The fourth-order valence-electron chi connectivity index (χ4n) is 0.821. The second-order valence-electron chi connectivity index (χ2n) is 2.73. The molecule has 0 fully saturated rings. The summed E-state index contributed by atoms with van der Waals surface area (Å²) in [6.07, 6.45) is 0. The van der Waals surface area contributed by atoms with Crippen molar-refractivity contribution in [3.05, 3.63) is 0 Å². The van der Waals surface area contributed by atoms with Gasteiger partial charge in [-0.2, -0.15) is 0 Å². The third-order valence-corrected chi connectivity index (χ3v) is 1.94. The number of hydrogen-bond acceptors (Lipinski definition) is 2. The SMILES string of the molecule is CC.CCNCC(C)N(C)CC. The van der Waals surface area contributed by atoms with Gasteiger partial charge in [-0.1, -0.05) is 27.7 Å². The van der Waals surface area contributed by atoms with Gasteiger partial charge in [0.25, 0.3) is 0 Å². The molecule has 0 aliphatic carbocycles. The van der Waals surface area contributed by atoms with Gasteiger partial charge in [-0.15, -0.1) is 0 Å². The highest BCUT2D eigenvalue weighted by molar-refractivity contribution is 4.63. The van der Waals surface area contributed by atoms with Crippen LogP contribution in [0.25, 0.3) is 0 Å². The first kappa shape index (κ1) is 14.4. The van der Waals surface area contributed by atoms with Crippen LogP contribution in [0.1, 0.15) is 34.6 Å². The zero-order chi connectivity index (χ0) is 9.98. The zero-order valence-electron chi connectivity index (χ0n) is 9.65. The van der Waals surface area contributed by atoms with Crippen LogP contribution in [0.2, 0.25) is 0 Å². The minimum absolute atomic E-state index is 0.657. The zero-order valence-corrected chi connectivity index (χ0v) is 9.65. The van der Waals surface area contributed by atoms with Crippen LogP contribution in [0.5, 0.6) is 0 Å². The smallest absolute Gasteiger partial charge is 0.0189 e. The van der Waals surface area contributed by atoms with E-state index in [9.17, 15) is 0 Å². The van der Waals surface area contributed by atoms with Crippen LogP contribution in [0.4, 0.5) is 0 Å². The van der Waals surface area contributed by atoms with Gasteiger partial charge in [0.2, 0.25) is 0 Å². The summed E-state index contributed by atoms with van der Waals surface area (Å²) in [4.78, 5) is 2.34. The molecule has 0 aromatic carbocycles. The molecule has 0 aliphatic heterocycles. The quantitative estimate of drug-likeness (QED) is 0.685. The van der Waals surface area contributed by atoms with Gasteiger partial charge in [0.1, 0.15) is 0 Å². The lowest BCUT2D eigenvalue weighted by Gasteiger charge is -2.22. The normalized spacial score (nSPS) is 12.2. The van der Waals surface area contributed by atoms with Crippen molar-refractivity contribution in [3.8, 4) is 0 Å². The Morgan fingerprint density at radius 2 is 1.75 bits per heavy atom. The lowest BCUT2D eigenvalue weighted by molar-refractivity contribution is 0.264. The van der Waals surface area contributed by atoms with E-state index in [4.69, 9.17) is 0 Å². The fraction of sp³-hybridized carbons (Fsp3) is 1.00. The van der Waals surface area contributed by atoms with E-state index in [2.05, 4.69) is 38.0 Å². The summed E-state index contributed by atoms with van der Waals surface area (Å²) in [6.45, 7) is 13.9. The first-order valence-corrected chi connectivity index (χ1v) is 5.13. The molecule has 12 heavy (non-hydrogen) atoms. The van der Waals surface area contributed by atoms with Crippen molar-refractivity contribution in [1.29, 1.82) is 0 Å². The number of rotatable bonds is 5. The molecule has 0 aliphatic rings. The Bertz CT molecular complexity index is 74.2. The summed E-state index contributed by atoms with van der Waals surface area (Å²) in [7, 11) is 2.15. The van der Waals surface area contributed by atoms with Crippen molar-refractivity contribution in [3.63, 3.8) is 0 Å². The van der Waals surface area contributed by atoms with Crippen molar-refractivity contribution < 1.29 is 0 Å². The molecule has 2 nitrogen and oxygen atoms in total. The van der Waals surface area contributed by atoms with Crippen LogP contribution in [0, 0.1) is 0 Å². The van der Waals surface area contributed by atoms with E-state index in [0.29, 0.717) is 6.04 Å². The highest BCUT2D eigenvalue weighted by Crippen LogP contribution is 1.91. The second kappa shape index (κ2) is 10.9. The molecule has 0 radical (unpaired) electrons. The minimum atomic E-state index is 0.657. The lowest BCUT2D eigenvalue weighted by atomic mass is 10.3. The van der Waals surface area contributed by atoms with Gasteiger partial charge in [0.05, 0.1) is 0 Å². The molecule has 1 unspecified atom stereocenters. The maximum atomic E-state index is 3.32. The maximum absolute atomic E-state index is 3.32. The Labute approximate surface area is 78.3 Å². The monoisotopic (exact) mass is 174 g/mol. The molecule has 0 bridgehead atoms. The molecule has 0 aromatic heterocycles. The topological polar surface area (TPSA) is 15.3 Å². The first-order chi connectivity index (χ1) is 5.72. The highest BCUT2D eigenvalue weighted by Gasteiger charge is 2.04. The van der Waals surface area contributed by atoms with Gasteiger partial charge in [0, 0.05) is 12.6 Å². The molecule has 76 valence electrons. The average Bonchev–Trinajstić information content (AvgIpc) is 2.16. The van der Waals surface area contributed by atoms with Crippen LogP contribution >= 0.6 is 0 Å². The maximum Gasteiger partial charge on any atom is 0.0189 e. The van der Waals surface area contributed by atoms with Gasteiger partial charge in [-0.3, -0.25) is 0 Å². The Kier molecular flexibility index (Phi) is 13.1. The number of nitrogens with zero attached hydrogens (tertiary/aromatic N) is 1. The van der Waals surface area contributed by atoms with Gasteiger partial charge < -0.3 is 10.2 Å². The molecule has 1 atom stereocenters. The van der Waals surface area contributed by atoms with Gasteiger partial charge >= 0.3 is 0 Å². The molecule has 2 heteroatoms. The van der Waals surface area contributed by atoms with Crippen LogP contribution < -0.4 is 5.32 Å². The van der Waals surface area contributed by atoms with Gasteiger partial charge in [-0.25, -0.2) is 0 Å². The average molecular weight is 174 g/mol. The molecule has 0 rings (SSSR count). The first-order valence-electron chi connectivity index (χ1n) is 5.13. The minimum Gasteiger partial charge on any atom is -0.315 e. The van der Waals surface area contributed by atoms with E-state index >= 15 is 0 Å². The summed E-state index contributed by atoms with van der Waals surface area (Å²) in [5.74, 6) is 0. The Morgan fingerprint density at radius 3 is 2.08 bits per heavy atom. The van der Waals surface area contributed by atoms with Crippen LogP contribution in [0.3, 0.4) is 0 Å². The van der Waals surface area contributed by atoms with E-state index < -0.39 is 0 Å². The molecular weight excluding hydrogens is 148 g/mol. The number of nitrogens with one attached hydrogen (secondary N) is 1. The van der Waals surface area contributed by atoms with E-state index in [1.54, 1.807) is 0 Å². The van der Waals surface area contributed by atoms with E-state index in [1.165, 1.54) is 0 Å². The molecule has 0 aromatic rings. The number of likely N-dealkylation sites (N-methyl/N-ethyl adjacent to an activating group) is 2. The molecule has 0 saturated carbocycles. The lowest BCUT2D eigenvalue weighted by Crippen LogP contribution is -2.37. The fourth-order valence-corrected chi connectivity index (χ4v) is 0.821. The van der Waals surface area contributed by atoms with Gasteiger partial charge in [0.15, 0.2) is 0 Å². The highest BCUT2D eigenvalue weighted by atomic mass is 15.1. The standard InChI is InChI=1S/C8H20N2.C2H6/c1-5-9-7-8(3)10(4)6-2;1-2/h8-9H,5-7H2,1-4H3;1-2H3. The summed E-state index contributed by atoms with van der Waals surface area (Å²) >= 11 is 0. The van der Waals surface area contributed by atoms with Crippen LogP contribution in [-0.2, 0) is 0 Å². The van der Waals surface area contributed by atoms with Crippen molar-refractivity contribution >= 4 is 0 Å². The van der Waals surface area contributed by atoms with Crippen molar-refractivity contribution in [2.75, 3.05) is 26.7 Å². The number of hydrogen-bond donors (Lipinski definition) is 1. The molecule has 0 heterocycles. The Hall–Kier alpha value is -0.0800. The molecule has 0 saturated heterocycles. The predicted octanol–water partition coefficient (Wildman–Crippen LogP) is 1.96. The summed E-state index contributed by atoms with van der Waals surface area (Å²) < 4.78 is 0. The third-order valence-electron chi connectivity index (χ3n) is 1.94. The van der Waals surface area contributed by atoms with Crippen molar-refractivity contribution in [2.45, 2.75) is 40.7 Å². The van der Waals surface area contributed by atoms with Crippen molar-refractivity contribution in [1.82, 2.24) is 10.2 Å². The third kappa shape index (κ3) is 8.02. The van der Waals surface area contributed by atoms with Crippen LogP contribution in [-0.4, -0.2) is 37.6 Å². The second-order valence-corrected chi connectivity index (χ2v) is 2.73. The van der Waals surface area contributed by atoms with Crippen molar-refractivity contribution in [2.24, 2.45) is 0 Å². The molecule has 0 amide bonds. The molecule has 1 N–H and O–H groups in total. The molecule has 0 spiro atoms.